The normalized spacial score (nSPS) is 11.3. The van der Waals surface area contributed by atoms with Gasteiger partial charge in [0.15, 0.2) is 0 Å². The second-order valence-corrected chi connectivity index (χ2v) is 4.64. The smallest absolute Gasteiger partial charge is 0.341 e. The van der Waals surface area contributed by atoms with E-state index in [2.05, 4.69) is 6.58 Å². The lowest BCUT2D eigenvalue weighted by Crippen LogP contribution is -2.18. The Balaban J connectivity index is 2.11. The zero-order valence-corrected chi connectivity index (χ0v) is 12.3. The molecule has 0 aromatic heterocycles. The maximum absolute atomic E-state index is 12.2. The van der Waals surface area contributed by atoms with Crippen molar-refractivity contribution in [2.75, 3.05) is 0 Å². The maximum atomic E-state index is 12.2. The number of rotatable bonds is 6. The summed E-state index contributed by atoms with van der Waals surface area (Å²) in [6.45, 7) is 3.40. The Morgan fingerprint density at radius 3 is 2.17 bits per heavy atom. The Kier molecular flexibility index (Phi) is 5.66. The standard InChI is InChI=1S/C18H16O5/c1-2-16(19)23-18(21)15-11-7-6-10-14(15)17(20)22-12-13-8-4-3-5-9-13/h2-11,16,19H,1,12H2. The average Bonchev–Trinajstić information content (AvgIpc) is 2.60. The summed E-state index contributed by atoms with van der Waals surface area (Å²) >= 11 is 0. The van der Waals surface area contributed by atoms with Crippen LogP contribution in [0.1, 0.15) is 26.3 Å². The number of aliphatic hydroxyl groups is 1. The topological polar surface area (TPSA) is 72.8 Å². The van der Waals surface area contributed by atoms with Gasteiger partial charge in [0.2, 0.25) is 6.29 Å². The fourth-order valence-corrected chi connectivity index (χ4v) is 1.86. The molecule has 0 fully saturated rings. The fourth-order valence-electron chi connectivity index (χ4n) is 1.86. The van der Waals surface area contributed by atoms with Gasteiger partial charge in [0.05, 0.1) is 11.1 Å². The predicted octanol–water partition coefficient (Wildman–Crippen LogP) is 2.70. The molecule has 1 N–H and O–H groups in total. The van der Waals surface area contributed by atoms with E-state index < -0.39 is 18.2 Å². The number of aliphatic hydroxyl groups excluding tert-OH is 1. The van der Waals surface area contributed by atoms with Gasteiger partial charge in [0.1, 0.15) is 6.61 Å². The van der Waals surface area contributed by atoms with Crippen molar-refractivity contribution >= 4 is 11.9 Å². The minimum Gasteiger partial charge on any atom is -0.457 e. The minimum absolute atomic E-state index is 0.0199. The van der Waals surface area contributed by atoms with Gasteiger partial charge >= 0.3 is 11.9 Å². The Bertz CT molecular complexity index is 694. The minimum atomic E-state index is -1.43. The summed E-state index contributed by atoms with van der Waals surface area (Å²) in [6, 6.07) is 15.3. The SMILES string of the molecule is C=CC(O)OC(=O)c1ccccc1C(=O)OCc1ccccc1. The summed E-state index contributed by atoms with van der Waals surface area (Å²) < 4.78 is 9.94. The number of carbonyl (C=O) groups is 2. The lowest BCUT2D eigenvalue weighted by molar-refractivity contribution is -0.0352. The van der Waals surface area contributed by atoms with Crippen LogP contribution in [0, 0.1) is 0 Å². The highest BCUT2D eigenvalue weighted by Gasteiger charge is 2.20. The summed E-state index contributed by atoms with van der Waals surface area (Å²) in [6.07, 6.45) is -0.371. The molecule has 5 nitrogen and oxygen atoms in total. The second-order valence-electron chi connectivity index (χ2n) is 4.64. The van der Waals surface area contributed by atoms with Crippen LogP contribution in [-0.2, 0) is 16.1 Å². The molecule has 0 aliphatic rings. The van der Waals surface area contributed by atoms with E-state index in [0.29, 0.717) is 0 Å². The average molecular weight is 312 g/mol. The monoisotopic (exact) mass is 312 g/mol. The van der Waals surface area contributed by atoms with Crippen LogP contribution >= 0.6 is 0 Å². The van der Waals surface area contributed by atoms with Gasteiger partial charge in [-0.05, 0) is 23.8 Å². The third-order valence-corrected chi connectivity index (χ3v) is 3.01. The maximum Gasteiger partial charge on any atom is 0.341 e. The lowest BCUT2D eigenvalue weighted by Gasteiger charge is -2.11. The molecule has 1 unspecified atom stereocenters. The van der Waals surface area contributed by atoms with Crippen molar-refractivity contribution in [1.29, 1.82) is 0 Å². The Morgan fingerprint density at radius 2 is 1.57 bits per heavy atom. The fraction of sp³-hybridized carbons (Fsp3) is 0.111. The molecular weight excluding hydrogens is 296 g/mol. The van der Waals surface area contributed by atoms with Gasteiger partial charge in [-0.2, -0.15) is 0 Å². The largest absolute Gasteiger partial charge is 0.457 e. The Hall–Kier alpha value is -2.92. The van der Waals surface area contributed by atoms with Crippen LogP contribution in [0.4, 0.5) is 0 Å². The van der Waals surface area contributed by atoms with Gasteiger partial charge in [-0.25, -0.2) is 9.59 Å². The quantitative estimate of drug-likeness (QED) is 0.504. The van der Waals surface area contributed by atoms with Crippen LogP contribution in [0.25, 0.3) is 0 Å². The molecule has 2 rings (SSSR count). The zero-order valence-electron chi connectivity index (χ0n) is 12.3. The van der Waals surface area contributed by atoms with Crippen LogP contribution in [0.2, 0.25) is 0 Å². The van der Waals surface area contributed by atoms with E-state index in [1.807, 2.05) is 30.3 Å². The summed E-state index contributed by atoms with van der Waals surface area (Å²) in [5.41, 5.74) is 0.930. The molecule has 1 atom stereocenters. The van der Waals surface area contributed by atoms with Gasteiger partial charge in [-0.3, -0.25) is 0 Å². The molecule has 0 bridgehead atoms. The molecular formula is C18H16O5. The van der Waals surface area contributed by atoms with Crippen LogP contribution in [0.15, 0.2) is 67.3 Å². The number of esters is 2. The van der Waals surface area contributed by atoms with E-state index >= 15 is 0 Å². The van der Waals surface area contributed by atoms with E-state index in [9.17, 15) is 14.7 Å². The molecule has 23 heavy (non-hydrogen) atoms. The van der Waals surface area contributed by atoms with Crippen molar-refractivity contribution in [2.45, 2.75) is 12.9 Å². The van der Waals surface area contributed by atoms with Crippen molar-refractivity contribution in [2.24, 2.45) is 0 Å². The zero-order chi connectivity index (χ0) is 16.7. The van der Waals surface area contributed by atoms with E-state index in [1.54, 1.807) is 12.1 Å². The van der Waals surface area contributed by atoms with Crippen molar-refractivity contribution < 1.29 is 24.2 Å². The van der Waals surface area contributed by atoms with E-state index in [0.717, 1.165) is 11.6 Å². The third-order valence-electron chi connectivity index (χ3n) is 3.01. The molecule has 0 heterocycles. The van der Waals surface area contributed by atoms with Crippen LogP contribution in [0.3, 0.4) is 0 Å². The van der Waals surface area contributed by atoms with Gasteiger partial charge in [0.25, 0.3) is 0 Å². The van der Waals surface area contributed by atoms with Crippen LogP contribution < -0.4 is 0 Å². The summed E-state index contributed by atoms with van der Waals surface area (Å²) in [4.78, 5) is 24.2. The van der Waals surface area contributed by atoms with E-state index in [1.165, 1.54) is 12.1 Å². The number of hydrogen-bond acceptors (Lipinski definition) is 5. The van der Waals surface area contributed by atoms with Crippen LogP contribution in [-0.4, -0.2) is 23.3 Å². The predicted molar refractivity (Wildman–Crippen MR) is 83.6 cm³/mol. The molecule has 0 spiro atoms. The molecule has 0 saturated heterocycles. The summed E-state index contributed by atoms with van der Waals surface area (Å²) in [7, 11) is 0. The van der Waals surface area contributed by atoms with Gasteiger partial charge in [0, 0.05) is 0 Å². The first kappa shape index (κ1) is 16.5. The number of benzene rings is 2. The van der Waals surface area contributed by atoms with Crippen LogP contribution in [0.5, 0.6) is 0 Å². The molecule has 0 amide bonds. The first-order valence-electron chi connectivity index (χ1n) is 6.93. The van der Waals surface area contributed by atoms with Gasteiger partial charge < -0.3 is 14.6 Å². The highest BCUT2D eigenvalue weighted by Crippen LogP contribution is 2.14. The molecule has 5 heteroatoms. The van der Waals surface area contributed by atoms with Crippen molar-refractivity contribution in [3.05, 3.63) is 83.9 Å². The lowest BCUT2D eigenvalue weighted by atomic mass is 10.1. The van der Waals surface area contributed by atoms with Crippen molar-refractivity contribution in [1.82, 2.24) is 0 Å². The highest BCUT2D eigenvalue weighted by atomic mass is 16.6. The number of ether oxygens (including phenoxy) is 2. The molecule has 2 aromatic carbocycles. The van der Waals surface area contributed by atoms with Gasteiger partial charge in [-0.15, -0.1) is 0 Å². The van der Waals surface area contributed by atoms with Crippen molar-refractivity contribution in [3.63, 3.8) is 0 Å². The molecule has 0 aliphatic heterocycles. The van der Waals surface area contributed by atoms with E-state index in [4.69, 9.17) is 9.47 Å². The molecule has 2 aromatic rings. The summed E-state index contributed by atoms with van der Waals surface area (Å²) in [5, 5.41) is 9.29. The second kappa shape index (κ2) is 7.91. The molecule has 0 radical (unpaired) electrons. The first-order chi connectivity index (χ1) is 11.1. The molecule has 118 valence electrons. The molecule has 0 aliphatic carbocycles. The number of carbonyl (C=O) groups excluding carboxylic acids is 2. The Labute approximate surface area is 133 Å². The van der Waals surface area contributed by atoms with E-state index in [-0.39, 0.29) is 17.7 Å². The van der Waals surface area contributed by atoms with Gasteiger partial charge in [-0.1, -0.05) is 49.0 Å². The summed E-state index contributed by atoms with van der Waals surface area (Å²) in [5.74, 6) is -1.47. The number of hydrogen-bond donors (Lipinski definition) is 1. The third kappa shape index (κ3) is 4.52. The molecule has 0 saturated carbocycles. The highest BCUT2D eigenvalue weighted by molar-refractivity contribution is 6.03. The van der Waals surface area contributed by atoms with Crippen molar-refractivity contribution in [3.8, 4) is 0 Å². The Morgan fingerprint density at radius 1 is 1.00 bits per heavy atom. The first-order valence-corrected chi connectivity index (χ1v) is 6.93.